The summed E-state index contributed by atoms with van der Waals surface area (Å²) < 4.78 is 24.7. The van der Waals surface area contributed by atoms with Gasteiger partial charge in [-0.2, -0.15) is 0 Å². The van der Waals surface area contributed by atoms with E-state index in [0.29, 0.717) is 24.3 Å². The molecule has 6 heteroatoms. The SMILES string of the molecule is COc1ccc(CN2CCN(Cc3ccc(OC)cc3F)C(CCO)C2)cc1. The summed E-state index contributed by atoms with van der Waals surface area (Å²) in [6.45, 7) is 4.12. The van der Waals surface area contributed by atoms with E-state index in [1.165, 1.54) is 18.7 Å². The smallest absolute Gasteiger partial charge is 0.131 e. The third-order valence-electron chi connectivity index (χ3n) is 5.35. The van der Waals surface area contributed by atoms with Gasteiger partial charge in [-0.3, -0.25) is 9.80 Å². The van der Waals surface area contributed by atoms with E-state index in [-0.39, 0.29) is 18.5 Å². The van der Waals surface area contributed by atoms with Gasteiger partial charge in [-0.15, -0.1) is 0 Å². The first-order valence-electron chi connectivity index (χ1n) is 9.65. The molecule has 28 heavy (non-hydrogen) atoms. The first-order valence-corrected chi connectivity index (χ1v) is 9.65. The third kappa shape index (κ3) is 5.22. The molecule has 0 spiro atoms. The quantitative estimate of drug-likeness (QED) is 0.753. The van der Waals surface area contributed by atoms with Crippen LogP contribution in [0.25, 0.3) is 0 Å². The summed E-state index contributed by atoms with van der Waals surface area (Å²) in [7, 11) is 3.20. The van der Waals surface area contributed by atoms with Crippen LogP contribution in [0.2, 0.25) is 0 Å². The minimum absolute atomic E-state index is 0.128. The van der Waals surface area contributed by atoms with Crippen LogP contribution in [0.1, 0.15) is 17.5 Å². The van der Waals surface area contributed by atoms with Crippen LogP contribution >= 0.6 is 0 Å². The van der Waals surface area contributed by atoms with Crippen molar-refractivity contribution >= 4 is 0 Å². The molecule has 0 amide bonds. The Hall–Kier alpha value is -2.15. The van der Waals surface area contributed by atoms with Crippen molar-refractivity contribution in [3.05, 3.63) is 59.4 Å². The lowest BCUT2D eigenvalue weighted by Gasteiger charge is -2.41. The Balaban J connectivity index is 1.63. The van der Waals surface area contributed by atoms with E-state index in [0.717, 1.165) is 31.9 Å². The molecular formula is C22H29FN2O3. The van der Waals surface area contributed by atoms with Crippen molar-refractivity contribution in [1.29, 1.82) is 0 Å². The first kappa shape index (κ1) is 20.6. The van der Waals surface area contributed by atoms with Gasteiger partial charge < -0.3 is 14.6 Å². The second-order valence-corrected chi connectivity index (χ2v) is 7.18. The lowest BCUT2D eigenvalue weighted by atomic mass is 10.1. The molecule has 1 aliphatic rings. The number of hydrogen-bond donors (Lipinski definition) is 1. The van der Waals surface area contributed by atoms with Crippen molar-refractivity contribution < 1.29 is 19.0 Å². The van der Waals surface area contributed by atoms with Crippen molar-refractivity contribution in [2.24, 2.45) is 0 Å². The molecule has 1 saturated heterocycles. The van der Waals surface area contributed by atoms with Gasteiger partial charge in [-0.1, -0.05) is 18.2 Å². The predicted octanol–water partition coefficient (Wildman–Crippen LogP) is 2.91. The van der Waals surface area contributed by atoms with Crippen LogP contribution in [0, 0.1) is 5.82 Å². The van der Waals surface area contributed by atoms with E-state index in [1.54, 1.807) is 19.2 Å². The average molecular weight is 388 g/mol. The predicted molar refractivity (Wildman–Crippen MR) is 107 cm³/mol. The maximum atomic E-state index is 14.4. The zero-order chi connectivity index (χ0) is 19.9. The van der Waals surface area contributed by atoms with Gasteiger partial charge in [0.2, 0.25) is 0 Å². The van der Waals surface area contributed by atoms with Crippen molar-refractivity contribution in [1.82, 2.24) is 9.80 Å². The fourth-order valence-corrected chi connectivity index (χ4v) is 3.72. The number of piperazine rings is 1. The molecule has 0 radical (unpaired) electrons. The Morgan fingerprint density at radius 3 is 2.36 bits per heavy atom. The van der Waals surface area contributed by atoms with Crippen LogP contribution < -0.4 is 9.47 Å². The molecule has 2 aromatic carbocycles. The number of methoxy groups -OCH3 is 2. The van der Waals surface area contributed by atoms with Crippen molar-refractivity contribution in [2.45, 2.75) is 25.6 Å². The molecule has 1 unspecified atom stereocenters. The number of hydrogen-bond acceptors (Lipinski definition) is 5. The highest BCUT2D eigenvalue weighted by Crippen LogP contribution is 2.22. The summed E-state index contributed by atoms with van der Waals surface area (Å²) in [5.41, 5.74) is 1.89. The maximum absolute atomic E-state index is 14.4. The number of halogens is 1. The Kier molecular flexibility index (Phi) is 7.25. The summed E-state index contributed by atoms with van der Waals surface area (Å²) in [5, 5.41) is 9.51. The van der Waals surface area contributed by atoms with Gasteiger partial charge in [-0.05, 0) is 30.2 Å². The monoisotopic (exact) mass is 388 g/mol. The molecule has 1 N–H and O–H groups in total. The highest BCUT2D eigenvalue weighted by Gasteiger charge is 2.27. The molecule has 152 valence electrons. The maximum Gasteiger partial charge on any atom is 0.131 e. The lowest BCUT2D eigenvalue weighted by Crippen LogP contribution is -2.52. The van der Waals surface area contributed by atoms with E-state index >= 15 is 0 Å². The van der Waals surface area contributed by atoms with E-state index < -0.39 is 0 Å². The fourth-order valence-electron chi connectivity index (χ4n) is 3.72. The van der Waals surface area contributed by atoms with Gasteiger partial charge in [0.05, 0.1) is 14.2 Å². The lowest BCUT2D eigenvalue weighted by molar-refractivity contribution is 0.0493. The second kappa shape index (κ2) is 9.87. The third-order valence-corrected chi connectivity index (χ3v) is 5.35. The standard InChI is InChI=1S/C22H29FN2O3/c1-27-20-6-3-17(4-7-20)14-24-10-11-25(19(16-24)9-12-26)15-18-5-8-21(28-2)13-22(18)23/h3-8,13,19,26H,9-12,14-16H2,1-2H3. The highest BCUT2D eigenvalue weighted by molar-refractivity contribution is 5.29. The Morgan fingerprint density at radius 2 is 1.71 bits per heavy atom. The Labute approximate surface area is 166 Å². The molecule has 0 aromatic heterocycles. The van der Waals surface area contributed by atoms with Crippen LogP contribution in [0.15, 0.2) is 42.5 Å². The first-order chi connectivity index (χ1) is 13.6. The van der Waals surface area contributed by atoms with E-state index in [2.05, 4.69) is 21.9 Å². The highest BCUT2D eigenvalue weighted by atomic mass is 19.1. The number of aliphatic hydroxyl groups excluding tert-OH is 1. The number of benzene rings is 2. The van der Waals surface area contributed by atoms with Gasteiger partial charge in [0.15, 0.2) is 0 Å². The number of rotatable bonds is 8. The van der Waals surface area contributed by atoms with E-state index in [9.17, 15) is 9.50 Å². The summed E-state index contributed by atoms with van der Waals surface area (Å²) in [6, 6.07) is 13.3. The zero-order valence-electron chi connectivity index (χ0n) is 16.6. The van der Waals surface area contributed by atoms with Gasteiger partial charge >= 0.3 is 0 Å². The summed E-state index contributed by atoms with van der Waals surface area (Å²) in [5.74, 6) is 1.13. The number of aliphatic hydroxyl groups is 1. The zero-order valence-corrected chi connectivity index (χ0v) is 16.6. The van der Waals surface area contributed by atoms with Crippen LogP contribution in [-0.2, 0) is 13.1 Å². The average Bonchev–Trinajstić information content (AvgIpc) is 2.72. The Bertz CT molecular complexity index is 754. The molecule has 5 nitrogen and oxygen atoms in total. The van der Waals surface area contributed by atoms with Gasteiger partial charge in [-0.25, -0.2) is 4.39 Å². The molecule has 1 heterocycles. The number of nitrogens with zero attached hydrogens (tertiary/aromatic N) is 2. The van der Waals surface area contributed by atoms with Crippen LogP contribution in [0.4, 0.5) is 4.39 Å². The molecule has 0 aliphatic carbocycles. The largest absolute Gasteiger partial charge is 0.497 e. The van der Waals surface area contributed by atoms with Crippen LogP contribution in [0.5, 0.6) is 11.5 Å². The molecule has 2 aromatic rings. The molecular weight excluding hydrogens is 359 g/mol. The van der Waals surface area contributed by atoms with Crippen LogP contribution in [-0.4, -0.2) is 61.4 Å². The normalized spacial score (nSPS) is 18.2. The minimum atomic E-state index is -0.247. The number of ether oxygens (including phenoxy) is 2. The summed E-state index contributed by atoms with van der Waals surface area (Å²) in [4.78, 5) is 4.66. The van der Waals surface area contributed by atoms with E-state index in [4.69, 9.17) is 9.47 Å². The van der Waals surface area contributed by atoms with Crippen molar-refractivity contribution in [3.63, 3.8) is 0 Å². The summed E-state index contributed by atoms with van der Waals surface area (Å²) >= 11 is 0. The van der Waals surface area contributed by atoms with E-state index in [1.807, 2.05) is 12.1 Å². The van der Waals surface area contributed by atoms with Crippen molar-refractivity contribution in [2.75, 3.05) is 40.5 Å². The summed E-state index contributed by atoms with van der Waals surface area (Å²) in [6.07, 6.45) is 0.677. The topological polar surface area (TPSA) is 45.2 Å². The molecule has 0 bridgehead atoms. The molecule has 1 atom stereocenters. The minimum Gasteiger partial charge on any atom is -0.497 e. The molecule has 0 saturated carbocycles. The Morgan fingerprint density at radius 1 is 1.00 bits per heavy atom. The van der Waals surface area contributed by atoms with Gasteiger partial charge in [0.25, 0.3) is 0 Å². The van der Waals surface area contributed by atoms with Gasteiger partial charge in [0, 0.05) is 57.0 Å². The van der Waals surface area contributed by atoms with Gasteiger partial charge in [0.1, 0.15) is 17.3 Å². The molecule has 3 rings (SSSR count). The fraction of sp³-hybridized carbons (Fsp3) is 0.455. The molecule has 1 aliphatic heterocycles. The van der Waals surface area contributed by atoms with Crippen LogP contribution in [0.3, 0.4) is 0 Å². The van der Waals surface area contributed by atoms with Crippen molar-refractivity contribution in [3.8, 4) is 11.5 Å². The second-order valence-electron chi connectivity index (χ2n) is 7.18. The molecule has 1 fully saturated rings.